The minimum Gasteiger partial charge on any atom is -0.497 e. The third-order valence-corrected chi connectivity index (χ3v) is 6.01. The Morgan fingerprint density at radius 1 is 0.971 bits per heavy atom. The summed E-state index contributed by atoms with van der Waals surface area (Å²) in [5.41, 5.74) is 5.11. The number of nitrogens with zero attached hydrogens (tertiary/aromatic N) is 1. The number of ether oxygens (including phenoxy) is 3. The maximum Gasteiger partial charge on any atom is 0.339 e. The Morgan fingerprint density at radius 3 is 2.54 bits per heavy atom. The Morgan fingerprint density at radius 2 is 1.74 bits per heavy atom. The average molecular weight is 470 g/mol. The molecular weight excluding hydrogens is 445 g/mol. The Kier molecular flexibility index (Phi) is 6.44. The number of halogens is 1. The second-order valence-corrected chi connectivity index (χ2v) is 8.19. The van der Waals surface area contributed by atoms with E-state index in [1.807, 2.05) is 48.5 Å². The SMILES string of the molecule is COc1ccc(C=C2CCc3c2nc2ccccc2c3C(=O)OCCOc2ccccc2F)cc1. The highest BCUT2D eigenvalue weighted by Crippen LogP contribution is 2.38. The van der Waals surface area contributed by atoms with Crippen molar-refractivity contribution in [2.24, 2.45) is 0 Å². The van der Waals surface area contributed by atoms with Gasteiger partial charge in [-0.1, -0.05) is 42.5 Å². The number of methoxy groups -OCH3 is 1. The molecule has 176 valence electrons. The highest BCUT2D eigenvalue weighted by Gasteiger charge is 2.27. The zero-order valence-electron chi connectivity index (χ0n) is 19.3. The number of benzene rings is 3. The van der Waals surface area contributed by atoms with Crippen molar-refractivity contribution in [3.05, 3.63) is 101 Å². The van der Waals surface area contributed by atoms with Gasteiger partial charge in [-0.25, -0.2) is 14.2 Å². The van der Waals surface area contributed by atoms with Crippen LogP contribution < -0.4 is 9.47 Å². The third-order valence-electron chi connectivity index (χ3n) is 6.01. The number of hydrogen-bond donors (Lipinski definition) is 0. The first-order valence-electron chi connectivity index (χ1n) is 11.4. The van der Waals surface area contributed by atoms with Crippen molar-refractivity contribution in [1.29, 1.82) is 0 Å². The van der Waals surface area contributed by atoms with Gasteiger partial charge in [-0.05, 0) is 65.9 Å². The average Bonchev–Trinajstić information content (AvgIpc) is 3.28. The Hall–Kier alpha value is -4.19. The summed E-state index contributed by atoms with van der Waals surface area (Å²) in [6.07, 6.45) is 3.58. The van der Waals surface area contributed by atoms with Crippen LogP contribution in [0.4, 0.5) is 4.39 Å². The van der Waals surface area contributed by atoms with Gasteiger partial charge in [-0.2, -0.15) is 0 Å². The van der Waals surface area contributed by atoms with Crippen molar-refractivity contribution in [2.45, 2.75) is 12.8 Å². The molecule has 0 amide bonds. The topological polar surface area (TPSA) is 57.7 Å². The molecule has 4 aromatic rings. The molecule has 1 aliphatic rings. The number of para-hydroxylation sites is 2. The summed E-state index contributed by atoms with van der Waals surface area (Å²) in [6.45, 7) is 0.0631. The van der Waals surface area contributed by atoms with E-state index >= 15 is 0 Å². The summed E-state index contributed by atoms with van der Waals surface area (Å²) in [4.78, 5) is 18.1. The van der Waals surface area contributed by atoms with Gasteiger partial charge in [0.25, 0.3) is 0 Å². The summed E-state index contributed by atoms with van der Waals surface area (Å²) in [7, 11) is 1.64. The van der Waals surface area contributed by atoms with Crippen LogP contribution >= 0.6 is 0 Å². The quantitative estimate of drug-likeness (QED) is 0.242. The first-order chi connectivity index (χ1) is 17.1. The van der Waals surface area contributed by atoms with Crippen LogP contribution in [0.3, 0.4) is 0 Å². The normalized spacial score (nSPS) is 13.6. The van der Waals surface area contributed by atoms with Crippen molar-refractivity contribution in [3.8, 4) is 11.5 Å². The predicted molar refractivity (Wildman–Crippen MR) is 133 cm³/mol. The molecule has 0 saturated heterocycles. The van der Waals surface area contributed by atoms with E-state index in [0.717, 1.165) is 45.5 Å². The van der Waals surface area contributed by atoms with E-state index in [2.05, 4.69) is 6.08 Å². The van der Waals surface area contributed by atoms with Gasteiger partial charge in [0, 0.05) is 5.39 Å². The lowest BCUT2D eigenvalue weighted by Crippen LogP contribution is -2.15. The van der Waals surface area contributed by atoms with Gasteiger partial charge in [-0.15, -0.1) is 0 Å². The van der Waals surface area contributed by atoms with Crippen LogP contribution in [0.2, 0.25) is 0 Å². The van der Waals surface area contributed by atoms with Crippen LogP contribution in [-0.2, 0) is 11.2 Å². The lowest BCUT2D eigenvalue weighted by molar-refractivity contribution is 0.0449. The zero-order valence-corrected chi connectivity index (χ0v) is 19.3. The Bertz CT molecular complexity index is 1410. The van der Waals surface area contributed by atoms with Gasteiger partial charge < -0.3 is 14.2 Å². The second kappa shape index (κ2) is 9.97. The number of pyridine rings is 1. The number of fused-ring (bicyclic) bond motifs is 2. The molecule has 0 spiro atoms. The number of rotatable bonds is 7. The second-order valence-electron chi connectivity index (χ2n) is 8.19. The van der Waals surface area contributed by atoms with E-state index in [9.17, 15) is 9.18 Å². The molecule has 5 rings (SSSR count). The van der Waals surface area contributed by atoms with Crippen LogP contribution in [-0.4, -0.2) is 31.3 Å². The fourth-order valence-electron chi connectivity index (χ4n) is 4.33. The lowest BCUT2D eigenvalue weighted by atomic mass is 10.0. The van der Waals surface area contributed by atoms with Crippen LogP contribution in [0, 0.1) is 5.82 Å². The molecule has 35 heavy (non-hydrogen) atoms. The largest absolute Gasteiger partial charge is 0.497 e. The van der Waals surface area contributed by atoms with E-state index in [1.54, 1.807) is 19.2 Å². The molecule has 0 unspecified atom stereocenters. The number of aromatic nitrogens is 1. The summed E-state index contributed by atoms with van der Waals surface area (Å²) in [5, 5.41) is 0.761. The molecule has 0 saturated carbocycles. The first kappa shape index (κ1) is 22.6. The van der Waals surface area contributed by atoms with E-state index < -0.39 is 11.8 Å². The number of carbonyl (C=O) groups excluding carboxylic acids is 1. The molecule has 0 N–H and O–H groups in total. The van der Waals surface area contributed by atoms with Gasteiger partial charge in [-0.3, -0.25) is 0 Å². The van der Waals surface area contributed by atoms with Crippen molar-refractivity contribution < 1.29 is 23.4 Å². The van der Waals surface area contributed by atoms with Crippen LogP contribution in [0.1, 0.15) is 33.6 Å². The van der Waals surface area contributed by atoms with E-state index in [4.69, 9.17) is 19.2 Å². The van der Waals surface area contributed by atoms with Crippen LogP contribution in [0.25, 0.3) is 22.6 Å². The zero-order chi connectivity index (χ0) is 24.2. The van der Waals surface area contributed by atoms with Gasteiger partial charge in [0.15, 0.2) is 11.6 Å². The molecule has 5 nitrogen and oxygen atoms in total. The van der Waals surface area contributed by atoms with Crippen molar-refractivity contribution in [2.75, 3.05) is 20.3 Å². The molecule has 6 heteroatoms. The van der Waals surface area contributed by atoms with Gasteiger partial charge in [0.05, 0.1) is 23.9 Å². The van der Waals surface area contributed by atoms with Gasteiger partial charge >= 0.3 is 5.97 Å². The molecule has 3 aromatic carbocycles. The molecule has 0 bridgehead atoms. The number of esters is 1. The van der Waals surface area contributed by atoms with Gasteiger partial charge in [0.2, 0.25) is 0 Å². The predicted octanol–water partition coefficient (Wildman–Crippen LogP) is 6.11. The van der Waals surface area contributed by atoms with Crippen molar-refractivity contribution >= 4 is 28.5 Å². The molecular formula is C29H24FNO4. The molecule has 1 aromatic heterocycles. The van der Waals surface area contributed by atoms with Crippen LogP contribution in [0.15, 0.2) is 72.8 Å². The van der Waals surface area contributed by atoms with Crippen LogP contribution in [0.5, 0.6) is 11.5 Å². The maximum absolute atomic E-state index is 13.7. The summed E-state index contributed by atoms with van der Waals surface area (Å²) in [6, 6.07) is 21.6. The van der Waals surface area contributed by atoms with E-state index in [-0.39, 0.29) is 19.0 Å². The molecule has 0 aliphatic heterocycles. The monoisotopic (exact) mass is 469 g/mol. The van der Waals surface area contributed by atoms with E-state index in [0.29, 0.717) is 12.0 Å². The van der Waals surface area contributed by atoms with E-state index in [1.165, 1.54) is 12.1 Å². The summed E-state index contributed by atoms with van der Waals surface area (Å²) < 4.78 is 30.0. The minimum atomic E-state index is -0.451. The Labute approximate surface area is 202 Å². The molecule has 1 heterocycles. The highest BCUT2D eigenvalue weighted by molar-refractivity contribution is 6.07. The standard InChI is InChI=1S/C29H24FNO4/c1-33-21-13-10-19(11-14-21)18-20-12-15-23-27(22-6-2-4-8-25(22)31-28(20)23)29(32)35-17-16-34-26-9-5-3-7-24(26)30/h2-11,13-14,18H,12,15-17H2,1H3. The third kappa shape index (κ3) is 4.73. The first-order valence-corrected chi connectivity index (χ1v) is 11.4. The number of hydrogen-bond acceptors (Lipinski definition) is 5. The summed E-state index contributed by atoms with van der Waals surface area (Å²) in [5.74, 6) is 0.0508. The van der Waals surface area contributed by atoms with Gasteiger partial charge in [0.1, 0.15) is 19.0 Å². The lowest BCUT2D eigenvalue weighted by Gasteiger charge is -2.13. The number of allylic oxidation sites excluding steroid dienone is 1. The Balaban J connectivity index is 1.40. The van der Waals surface area contributed by atoms with Crippen molar-refractivity contribution in [1.82, 2.24) is 4.98 Å². The molecule has 1 aliphatic carbocycles. The van der Waals surface area contributed by atoms with Crippen molar-refractivity contribution in [3.63, 3.8) is 0 Å². The fourth-order valence-corrected chi connectivity index (χ4v) is 4.33. The maximum atomic E-state index is 13.7. The molecule has 0 radical (unpaired) electrons. The highest BCUT2D eigenvalue weighted by atomic mass is 19.1. The molecule has 0 fully saturated rings. The smallest absolute Gasteiger partial charge is 0.339 e. The number of carbonyl (C=O) groups is 1. The molecule has 0 atom stereocenters. The summed E-state index contributed by atoms with van der Waals surface area (Å²) >= 11 is 0. The fraction of sp³-hybridized carbons (Fsp3) is 0.172. The minimum absolute atomic E-state index is 0.00708.